The molecule has 1 fully saturated rings. The molecule has 0 bridgehead atoms. The van der Waals surface area contributed by atoms with E-state index in [1.54, 1.807) is 13.0 Å². The van der Waals surface area contributed by atoms with Crippen LogP contribution in [0.15, 0.2) is 28.1 Å². The van der Waals surface area contributed by atoms with Crippen molar-refractivity contribution < 1.29 is 8.42 Å². The molecule has 0 aliphatic heterocycles. The van der Waals surface area contributed by atoms with E-state index in [1.165, 1.54) is 25.7 Å². The van der Waals surface area contributed by atoms with Gasteiger partial charge < -0.3 is 11.1 Å². The minimum Gasteiger partial charge on any atom is -0.370 e. The fraction of sp³-hybridized carbons (Fsp3) is 0.611. The van der Waals surface area contributed by atoms with Crippen LogP contribution in [-0.2, 0) is 10.0 Å². The number of hydrogen-bond donors (Lipinski definition) is 3. The first kappa shape index (κ1) is 23.2. The number of hydrogen-bond acceptors (Lipinski definition) is 3. The van der Waals surface area contributed by atoms with E-state index in [2.05, 4.69) is 15.0 Å². The molecule has 8 heteroatoms. The second-order valence-electron chi connectivity index (χ2n) is 6.77. The van der Waals surface area contributed by atoms with Crippen molar-refractivity contribution in [1.29, 1.82) is 0 Å². The summed E-state index contributed by atoms with van der Waals surface area (Å²) < 4.78 is 27.4. The molecule has 1 aromatic carbocycles. The molecule has 1 saturated carbocycles. The maximum absolute atomic E-state index is 12.4. The first-order valence-electron chi connectivity index (χ1n) is 9.02. The Hall–Kier alpha value is -0.870. The van der Waals surface area contributed by atoms with Gasteiger partial charge in [-0.2, -0.15) is 0 Å². The number of halogens is 1. The molecule has 0 aromatic heterocycles. The number of rotatable bonds is 6. The molecule has 0 amide bonds. The predicted molar refractivity (Wildman–Crippen MR) is 118 cm³/mol. The topological polar surface area (TPSA) is 96.6 Å². The summed E-state index contributed by atoms with van der Waals surface area (Å²) in [7, 11) is -3.52. The van der Waals surface area contributed by atoms with Gasteiger partial charge in [0.25, 0.3) is 0 Å². The van der Waals surface area contributed by atoms with Crippen LogP contribution in [0, 0.1) is 13.8 Å². The van der Waals surface area contributed by atoms with Crippen molar-refractivity contribution in [3.8, 4) is 0 Å². The molecule has 26 heavy (non-hydrogen) atoms. The van der Waals surface area contributed by atoms with Gasteiger partial charge in [-0.05, 0) is 43.9 Å². The lowest BCUT2D eigenvalue weighted by Crippen LogP contribution is -2.40. The van der Waals surface area contributed by atoms with Crippen LogP contribution in [0.4, 0.5) is 0 Å². The van der Waals surface area contributed by atoms with E-state index in [0.717, 1.165) is 24.0 Å². The maximum atomic E-state index is 12.4. The molecule has 0 saturated heterocycles. The summed E-state index contributed by atoms with van der Waals surface area (Å²) in [4.78, 5) is 4.56. The zero-order valence-electron chi connectivity index (χ0n) is 15.6. The normalized spacial score (nSPS) is 16.6. The lowest BCUT2D eigenvalue weighted by Gasteiger charge is -2.16. The molecule has 0 unspecified atom stereocenters. The Kier molecular flexibility index (Phi) is 9.88. The second-order valence-corrected chi connectivity index (χ2v) is 8.50. The largest absolute Gasteiger partial charge is 0.370 e. The van der Waals surface area contributed by atoms with E-state index in [1.807, 2.05) is 19.1 Å². The Bertz CT molecular complexity index is 699. The third kappa shape index (κ3) is 7.40. The van der Waals surface area contributed by atoms with E-state index in [0.29, 0.717) is 23.4 Å². The monoisotopic (exact) mass is 494 g/mol. The van der Waals surface area contributed by atoms with Crippen molar-refractivity contribution in [2.24, 2.45) is 10.7 Å². The van der Waals surface area contributed by atoms with E-state index in [9.17, 15) is 8.42 Å². The molecule has 0 atom stereocenters. The minimum absolute atomic E-state index is 0. The van der Waals surface area contributed by atoms with Crippen molar-refractivity contribution in [2.45, 2.75) is 63.3 Å². The smallest absolute Gasteiger partial charge is 0.240 e. The van der Waals surface area contributed by atoms with Gasteiger partial charge in [0.2, 0.25) is 10.0 Å². The van der Waals surface area contributed by atoms with Gasteiger partial charge in [0, 0.05) is 12.6 Å². The quantitative estimate of drug-likeness (QED) is 0.186. The van der Waals surface area contributed by atoms with E-state index >= 15 is 0 Å². The summed E-state index contributed by atoms with van der Waals surface area (Å²) in [5.74, 6) is 0.401. The molecule has 1 aliphatic carbocycles. The second kappa shape index (κ2) is 11.1. The lowest BCUT2D eigenvalue weighted by atomic mass is 10.1. The SMILES string of the molecule is Cc1ccc(C)c(S(=O)(=O)NCCN=C(N)NC2CCCCCC2)c1.I. The van der Waals surface area contributed by atoms with E-state index < -0.39 is 10.0 Å². The average molecular weight is 494 g/mol. The lowest BCUT2D eigenvalue weighted by molar-refractivity contribution is 0.530. The molecule has 1 aliphatic rings. The fourth-order valence-electron chi connectivity index (χ4n) is 3.11. The Balaban J connectivity index is 0.00000338. The molecule has 6 nitrogen and oxygen atoms in total. The number of aliphatic imine (C=N–C) groups is 1. The molecule has 0 spiro atoms. The van der Waals surface area contributed by atoms with Crippen LogP contribution in [-0.4, -0.2) is 33.5 Å². The molecular weight excluding hydrogens is 463 g/mol. The standard InChI is InChI=1S/C18H30N4O2S.HI/c1-14-9-10-15(2)17(13-14)25(23,24)21-12-11-20-18(19)22-16-7-5-3-4-6-8-16;/h9-10,13,16,21H,3-8,11-12H2,1-2H3,(H3,19,20,22);1H. The summed E-state index contributed by atoms with van der Waals surface area (Å²) in [5.41, 5.74) is 7.57. The Morgan fingerprint density at radius 1 is 1.19 bits per heavy atom. The highest BCUT2D eigenvalue weighted by atomic mass is 127. The van der Waals surface area contributed by atoms with Crippen LogP contribution in [0.1, 0.15) is 49.7 Å². The number of guanidine groups is 1. The van der Waals surface area contributed by atoms with Crippen LogP contribution in [0.2, 0.25) is 0 Å². The van der Waals surface area contributed by atoms with Crippen molar-refractivity contribution >= 4 is 40.0 Å². The highest BCUT2D eigenvalue weighted by Gasteiger charge is 2.16. The number of nitrogens with two attached hydrogens (primary N) is 1. The minimum atomic E-state index is -3.52. The molecule has 1 aromatic rings. The Morgan fingerprint density at radius 2 is 1.85 bits per heavy atom. The molecule has 0 heterocycles. The third-order valence-electron chi connectivity index (χ3n) is 4.53. The van der Waals surface area contributed by atoms with Gasteiger partial charge in [-0.3, -0.25) is 4.99 Å². The fourth-order valence-corrected chi connectivity index (χ4v) is 4.46. The number of nitrogens with zero attached hydrogens (tertiary/aromatic N) is 1. The van der Waals surface area contributed by atoms with Crippen LogP contribution in [0.25, 0.3) is 0 Å². The zero-order valence-corrected chi connectivity index (χ0v) is 18.8. The molecule has 148 valence electrons. The summed E-state index contributed by atoms with van der Waals surface area (Å²) in [6.07, 6.45) is 7.26. The summed E-state index contributed by atoms with van der Waals surface area (Å²) in [6.45, 7) is 4.21. The first-order chi connectivity index (χ1) is 11.9. The van der Waals surface area contributed by atoms with E-state index in [4.69, 9.17) is 5.73 Å². The van der Waals surface area contributed by atoms with Crippen molar-refractivity contribution in [3.05, 3.63) is 29.3 Å². The van der Waals surface area contributed by atoms with Gasteiger partial charge in [-0.1, -0.05) is 37.8 Å². The van der Waals surface area contributed by atoms with Crippen LogP contribution >= 0.6 is 24.0 Å². The first-order valence-corrected chi connectivity index (χ1v) is 10.5. The van der Waals surface area contributed by atoms with Crippen molar-refractivity contribution in [2.75, 3.05) is 13.1 Å². The van der Waals surface area contributed by atoms with Crippen LogP contribution in [0.5, 0.6) is 0 Å². The zero-order chi connectivity index (χ0) is 18.3. The van der Waals surface area contributed by atoms with Crippen LogP contribution < -0.4 is 15.8 Å². The summed E-state index contributed by atoms with van der Waals surface area (Å²) in [6, 6.07) is 5.79. The highest BCUT2D eigenvalue weighted by molar-refractivity contribution is 14.0. The van der Waals surface area contributed by atoms with Gasteiger partial charge >= 0.3 is 0 Å². The molecular formula is C18H31IN4O2S. The molecule has 2 rings (SSSR count). The van der Waals surface area contributed by atoms with Gasteiger partial charge in [-0.25, -0.2) is 13.1 Å². The number of sulfonamides is 1. The van der Waals surface area contributed by atoms with Crippen molar-refractivity contribution in [3.63, 3.8) is 0 Å². The highest BCUT2D eigenvalue weighted by Crippen LogP contribution is 2.17. The average Bonchev–Trinajstić information content (AvgIpc) is 2.82. The number of benzene rings is 1. The number of aryl methyl sites for hydroxylation is 2. The Morgan fingerprint density at radius 3 is 2.50 bits per heavy atom. The van der Waals surface area contributed by atoms with Crippen LogP contribution in [0.3, 0.4) is 0 Å². The molecule has 4 N–H and O–H groups in total. The summed E-state index contributed by atoms with van der Waals surface area (Å²) in [5, 5.41) is 3.26. The van der Waals surface area contributed by atoms with Gasteiger partial charge in [0.1, 0.15) is 0 Å². The van der Waals surface area contributed by atoms with Gasteiger partial charge in [0.15, 0.2) is 5.96 Å². The maximum Gasteiger partial charge on any atom is 0.240 e. The predicted octanol–water partition coefficient (Wildman–Crippen LogP) is 2.83. The Labute approximate surface area is 174 Å². The van der Waals surface area contributed by atoms with E-state index in [-0.39, 0.29) is 30.5 Å². The third-order valence-corrected chi connectivity index (χ3v) is 6.13. The van der Waals surface area contributed by atoms with Gasteiger partial charge in [-0.15, -0.1) is 24.0 Å². The van der Waals surface area contributed by atoms with Gasteiger partial charge in [0.05, 0.1) is 11.4 Å². The summed E-state index contributed by atoms with van der Waals surface area (Å²) >= 11 is 0. The van der Waals surface area contributed by atoms with Crippen molar-refractivity contribution in [1.82, 2.24) is 10.0 Å². The number of nitrogens with one attached hydrogen (secondary N) is 2. The molecule has 0 radical (unpaired) electrons.